The molecule has 1 aliphatic carbocycles. The van der Waals surface area contributed by atoms with Crippen LogP contribution in [0.3, 0.4) is 0 Å². The number of anilines is 1. The predicted molar refractivity (Wildman–Crippen MR) is 109 cm³/mol. The minimum Gasteiger partial charge on any atom is -0.484 e. The molecular formula is C21H26N2O4S. The minimum atomic E-state index is -3.70. The number of hydrogen-bond donors (Lipinski definition) is 2. The normalized spacial score (nSPS) is 14.6. The van der Waals surface area contributed by atoms with Crippen molar-refractivity contribution in [3.63, 3.8) is 0 Å². The van der Waals surface area contributed by atoms with Crippen LogP contribution in [0.4, 0.5) is 5.69 Å². The molecule has 1 saturated carbocycles. The highest BCUT2D eigenvalue weighted by Gasteiger charge is 2.18. The van der Waals surface area contributed by atoms with E-state index in [0.717, 1.165) is 36.8 Å². The molecule has 0 aromatic heterocycles. The number of carbonyl (C=O) groups excluding carboxylic acids is 1. The third-order valence-corrected chi connectivity index (χ3v) is 6.24. The number of ether oxygens (including phenoxy) is 1. The van der Waals surface area contributed by atoms with Crippen molar-refractivity contribution < 1.29 is 17.9 Å². The number of hydrogen-bond acceptors (Lipinski definition) is 4. The maximum absolute atomic E-state index is 12.6. The van der Waals surface area contributed by atoms with Gasteiger partial charge in [0, 0.05) is 6.04 Å². The van der Waals surface area contributed by atoms with Crippen LogP contribution >= 0.6 is 0 Å². The summed E-state index contributed by atoms with van der Waals surface area (Å²) >= 11 is 0. The summed E-state index contributed by atoms with van der Waals surface area (Å²) in [6.45, 7) is 3.68. The molecule has 2 aromatic rings. The molecule has 0 saturated heterocycles. The van der Waals surface area contributed by atoms with Crippen LogP contribution < -0.4 is 14.8 Å². The Morgan fingerprint density at radius 2 is 1.75 bits per heavy atom. The van der Waals surface area contributed by atoms with Crippen LogP contribution in [0.25, 0.3) is 0 Å². The quantitative estimate of drug-likeness (QED) is 0.742. The lowest BCUT2D eigenvalue weighted by Crippen LogP contribution is -2.36. The largest absolute Gasteiger partial charge is 0.484 e. The first-order valence-electron chi connectivity index (χ1n) is 9.46. The Labute approximate surface area is 166 Å². The molecule has 0 radical (unpaired) electrons. The molecule has 3 rings (SSSR count). The highest BCUT2D eigenvalue weighted by Crippen LogP contribution is 2.22. The van der Waals surface area contributed by atoms with Gasteiger partial charge in [-0.2, -0.15) is 0 Å². The van der Waals surface area contributed by atoms with Crippen molar-refractivity contribution in [2.45, 2.75) is 50.5 Å². The van der Waals surface area contributed by atoms with Gasteiger partial charge in [-0.25, -0.2) is 8.42 Å². The van der Waals surface area contributed by atoms with Gasteiger partial charge in [-0.15, -0.1) is 0 Å². The zero-order chi connectivity index (χ0) is 20.1. The lowest BCUT2D eigenvalue weighted by molar-refractivity contribution is -0.123. The van der Waals surface area contributed by atoms with Crippen LogP contribution in [-0.2, 0) is 14.8 Å². The van der Waals surface area contributed by atoms with Crippen molar-refractivity contribution in [3.8, 4) is 5.75 Å². The summed E-state index contributed by atoms with van der Waals surface area (Å²) in [5.74, 6) is 0.299. The number of benzene rings is 2. The second-order valence-electron chi connectivity index (χ2n) is 7.23. The van der Waals surface area contributed by atoms with E-state index in [1.165, 1.54) is 12.1 Å². The molecule has 0 atom stereocenters. The molecule has 0 spiro atoms. The average Bonchev–Trinajstić information content (AvgIpc) is 3.16. The van der Waals surface area contributed by atoms with Gasteiger partial charge >= 0.3 is 0 Å². The van der Waals surface area contributed by atoms with Crippen molar-refractivity contribution in [1.82, 2.24) is 5.32 Å². The monoisotopic (exact) mass is 402 g/mol. The fourth-order valence-electron chi connectivity index (χ4n) is 3.25. The van der Waals surface area contributed by atoms with Gasteiger partial charge in [0.15, 0.2) is 6.61 Å². The second kappa shape index (κ2) is 8.65. The van der Waals surface area contributed by atoms with Gasteiger partial charge in [0.1, 0.15) is 5.75 Å². The smallest absolute Gasteiger partial charge is 0.261 e. The molecule has 0 aliphatic heterocycles. The van der Waals surface area contributed by atoms with Crippen LogP contribution in [0.2, 0.25) is 0 Å². The summed E-state index contributed by atoms with van der Waals surface area (Å²) < 4.78 is 33.3. The summed E-state index contributed by atoms with van der Waals surface area (Å²) in [7, 11) is -3.70. The molecule has 2 N–H and O–H groups in total. The molecule has 7 heteroatoms. The highest BCUT2D eigenvalue weighted by molar-refractivity contribution is 7.92. The van der Waals surface area contributed by atoms with Crippen molar-refractivity contribution in [1.29, 1.82) is 0 Å². The van der Waals surface area contributed by atoms with E-state index in [-0.39, 0.29) is 23.5 Å². The average molecular weight is 403 g/mol. The third-order valence-electron chi connectivity index (χ3n) is 4.86. The molecule has 2 aromatic carbocycles. The van der Waals surface area contributed by atoms with Gasteiger partial charge < -0.3 is 10.1 Å². The Hall–Kier alpha value is -2.54. The molecule has 6 nitrogen and oxygen atoms in total. The topological polar surface area (TPSA) is 84.5 Å². The number of sulfonamides is 1. The van der Waals surface area contributed by atoms with Crippen molar-refractivity contribution in [3.05, 3.63) is 53.6 Å². The number of carbonyl (C=O) groups is 1. The second-order valence-corrected chi connectivity index (χ2v) is 8.92. The number of amides is 1. The molecule has 1 aliphatic rings. The fraction of sp³-hybridized carbons (Fsp3) is 0.381. The van der Waals surface area contributed by atoms with Crippen LogP contribution in [0.15, 0.2) is 47.4 Å². The van der Waals surface area contributed by atoms with Crippen LogP contribution in [0.1, 0.15) is 36.8 Å². The van der Waals surface area contributed by atoms with E-state index >= 15 is 0 Å². The summed E-state index contributed by atoms with van der Waals surface area (Å²) in [6, 6.07) is 11.9. The molecule has 0 unspecified atom stereocenters. The lowest BCUT2D eigenvalue weighted by Gasteiger charge is -2.13. The summed E-state index contributed by atoms with van der Waals surface area (Å²) in [5, 5.41) is 2.95. The van der Waals surface area contributed by atoms with E-state index in [1.54, 1.807) is 18.2 Å². The van der Waals surface area contributed by atoms with E-state index in [0.29, 0.717) is 11.4 Å². The predicted octanol–water partition coefficient (Wildman–Crippen LogP) is 3.54. The van der Waals surface area contributed by atoms with Gasteiger partial charge in [0.05, 0.1) is 10.6 Å². The SMILES string of the molecule is Cc1ccc(C)c(NS(=O)(=O)c2ccc(OCC(=O)NC3CCCC3)cc2)c1. The summed E-state index contributed by atoms with van der Waals surface area (Å²) in [5.41, 5.74) is 2.38. The fourth-order valence-corrected chi connectivity index (χ4v) is 4.37. The molecule has 150 valence electrons. The van der Waals surface area contributed by atoms with Crippen LogP contribution in [0.5, 0.6) is 5.75 Å². The first kappa shape index (κ1) is 20.2. The van der Waals surface area contributed by atoms with Gasteiger partial charge in [-0.1, -0.05) is 25.0 Å². The molecule has 0 heterocycles. The Morgan fingerprint density at radius 3 is 2.43 bits per heavy atom. The number of nitrogens with one attached hydrogen (secondary N) is 2. The van der Waals surface area contributed by atoms with E-state index in [4.69, 9.17) is 4.74 Å². The molecule has 1 fully saturated rings. The molecule has 1 amide bonds. The zero-order valence-corrected chi connectivity index (χ0v) is 17.0. The van der Waals surface area contributed by atoms with Crippen LogP contribution in [0, 0.1) is 13.8 Å². The van der Waals surface area contributed by atoms with E-state index in [9.17, 15) is 13.2 Å². The van der Waals surface area contributed by atoms with Crippen molar-refractivity contribution >= 4 is 21.6 Å². The molecule has 0 bridgehead atoms. The minimum absolute atomic E-state index is 0.0800. The van der Waals surface area contributed by atoms with E-state index < -0.39 is 10.0 Å². The Bertz CT molecular complexity index is 933. The van der Waals surface area contributed by atoms with Gasteiger partial charge in [0.2, 0.25) is 0 Å². The number of rotatable bonds is 7. The maximum atomic E-state index is 12.6. The molecular weight excluding hydrogens is 376 g/mol. The van der Waals surface area contributed by atoms with Crippen molar-refractivity contribution in [2.24, 2.45) is 0 Å². The van der Waals surface area contributed by atoms with Gasteiger partial charge in [0.25, 0.3) is 15.9 Å². The third kappa shape index (κ3) is 5.25. The zero-order valence-electron chi connectivity index (χ0n) is 16.2. The maximum Gasteiger partial charge on any atom is 0.261 e. The first-order chi connectivity index (χ1) is 13.3. The van der Waals surface area contributed by atoms with Gasteiger partial charge in [-0.3, -0.25) is 9.52 Å². The molecule has 28 heavy (non-hydrogen) atoms. The Kier molecular flexibility index (Phi) is 6.24. The van der Waals surface area contributed by atoms with E-state index in [2.05, 4.69) is 10.0 Å². The van der Waals surface area contributed by atoms with E-state index in [1.807, 2.05) is 26.0 Å². The lowest BCUT2D eigenvalue weighted by atomic mass is 10.1. The standard InChI is InChI=1S/C21H26N2O4S/c1-15-7-8-16(2)20(13-15)23-28(25,26)19-11-9-18(10-12-19)27-14-21(24)22-17-5-3-4-6-17/h7-13,17,23H,3-6,14H2,1-2H3,(H,22,24). The van der Waals surface area contributed by atoms with Crippen molar-refractivity contribution in [2.75, 3.05) is 11.3 Å². The summed E-state index contributed by atoms with van der Waals surface area (Å²) in [4.78, 5) is 12.1. The van der Waals surface area contributed by atoms with Gasteiger partial charge in [-0.05, 0) is 68.1 Å². The number of aryl methyl sites for hydroxylation is 2. The first-order valence-corrected chi connectivity index (χ1v) is 10.9. The Morgan fingerprint density at radius 1 is 1.07 bits per heavy atom. The Balaban J connectivity index is 1.59. The van der Waals surface area contributed by atoms with Crippen LogP contribution in [-0.4, -0.2) is 27.0 Å². The summed E-state index contributed by atoms with van der Waals surface area (Å²) in [6.07, 6.45) is 4.34. The highest BCUT2D eigenvalue weighted by atomic mass is 32.2.